The van der Waals surface area contributed by atoms with Crippen molar-refractivity contribution in [3.05, 3.63) is 46.7 Å². The van der Waals surface area contributed by atoms with Crippen LogP contribution in [0, 0.1) is 5.82 Å². The maximum atomic E-state index is 12.6. The number of aromatic nitrogens is 1. The van der Waals surface area contributed by atoms with E-state index in [1.165, 1.54) is 35.6 Å². The SMILES string of the molecule is O=CC(Oc1ccc(F)cc1)c1nccs1. The fourth-order valence-electron chi connectivity index (χ4n) is 1.17. The molecule has 0 amide bonds. The summed E-state index contributed by atoms with van der Waals surface area (Å²) in [5, 5.41) is 2.35. The summed E-state index contributed by atoms with van der Waals surface area (Å²) in [5.74, 6) is 0.0953. The number of thiazole rings is 1. The highest BCUT2D eigenvalue weighted by Crippen LogP contribution is 2.22. The number of halogens is 1. The Bertz CT molecular complexity index is 455. The molecule has 0 aliphatic rings. The quantitative estimate of drug-likeness (QED) is 0.767. The summed E-state index contributed by atoms with van der Waals surface area (Å²) in [4.78, 5) is 14.8. The van der Waals surface area contributed by atoms with Gasteiger partial charge in [-0.05, 0) is 24.3 Å². The second kappa shape index (κ2) is 4.85. The fourth-order valence-corrected chi connectivity index (χ4v) is 1.79. The van der Waals surface area contributed by atoms with E-state index in [-0.39, 0.29) is 5.82 Å². The lowest BCUT2D eigenvalue weighted by Crippen LogP contribution is -2.08. The summed E-state index contributed by atoms with van der Waals surface area (Å²) >= 11 is 1.34. The van der Waals surface area contributed by atoms with E-state index in [9.17, 15) is 9.18 Å². The Hall–Kier alpha value is -1.75. The molecule has 0 bridgehead atoms. The highest BCUT2D eigenvalue weighted by Gasteiger charge is 2.14. The molecule has 1 unspecified atom stereocenters. The molecule has 82 valence electrons. The van der Waals surface area contributed by atoms with Gasteiger partial charge < -0.3 is 4.74 Å². The molecule has 0 aliphatic carbocycles. The Balaban J connectivity index is 2.13. The zero-order chi connectivity index (χ0) is 11.4. The number of rotatable bonds is 4. The lowest BCUT2D eigenvalue weighted by atomic mass is 10.3. The summed E-state index contributed by atoms with van der Waals surface area (Å²) in [6, 6.07) is 5.50. The summed E-state index contributed by atoms with van der Waals surface area (Å²) in [6.07, 6.45) is 1.54. The van der Waals surface area contributed by atoms with Crippen LogP contribution in [0.25, 0.3) is 0 Å². The molecule has 0 aliphatic heterocycles. The van der Waals surface area contributed by atoms with Crippen molar-refractivity contribution in [2.75, 3.05) is 0 Å². The van der Waals surface area contributed by atoms with E-state index < -0.39 is 6.10 Å². The zero-order valence-corrected chi connectivity index (χ0v) is 8.99. The van der Waals surface area contributed by atoms with Gasteiger partial charge in [-0.15, -0.1) is 11.3 Å². The highest BCUT2D eigenvalue weighted by molar-refractivity contribution is 7.09. The van der Waals surface area contributed by atoms with Crippen LogP contribution in [-0.2, 0) is 4.79 Å². The first-order chi connectivity index (χ1) is 7.79. The van der Waals surface area contributed by atoms with Gasteiger partial charge in [-0.3, -0.25) is 4.79 Å². The molecule has 0 N–H and O–H groups in total. The Morgan fingerprint density at radius 3 is 2.69 bits per heavy atom. The predicted octanol–water partition coefficient (Wildman–Crippen LogP) is 2.60. The van der Waals surface area contributed by atoms with Gasteiger partial charge in [0.05, 0.1) is 0 Å². The lowest BCUT2D eigenvalue weighted by Gasteiger charge is -2.10. The largest absolute Gasteiger partial charge is 0.476 e. The van der Waals surface area contributed by atoms with Crippen LogP contribution >= 0.6 is 11.3 Å². The van der Waals surface area contributed by atoms with E-state index in [0.29, 0.717) is 17.0 Å². The van der Waals surface area contributed by atoms with Gasteiger partial charge in [0, 0.05) is 11.6 Å². The molecular formula is C11H8FNO2S. The summed E-state index contributed by atoms with van der Waals surface area (Å²) in [7, 11) is 0. The van der Waals surface area contributed by atoms with Crippen LogP contribution in [-0.4, -0.2) is 11.3 Å². The maximum absolute atomic E-state index is 12.6. The molecule has 1 heterocycles. The number of hydrogen-bond acceptors (Lipinski definition) is 4. The second-order valence-corrected chi connectivity index (χ2v) is 3.92. The minimum atomic E-state index is -0.731. The minimum Gasteiger partial charge on any atom is -0.476 e. The van der Waals surface area contributed by atoms with Gasteiger partial charge in [0.15, 0.2) is 6.29 Å². The lowest BCUT2D eigenvalue weighted by molar-refractivity contribution is -0.113. The molecule has 0 saturated carbocycles. The van der Waals surface area contributed by atoms with Crippen molar-refractivity contribution in [1.82, 2.24) is 4.98 Å². The van der Waals surface area contributed by atoms with Crippen LogP contribution in [0.3, 0.4) is 0 Å². The van der Waals surface area contributed by atoms with Gasteiger partial charge in [-0.2, -0.15) is 0 Å². The van der Waals surface area contributed by atoms with Crippen LogP contribution in [0.2, 0.25) is 0 Å². The molecular weight excluding hydrogens is 229 g/mol. The standard InChI is InChI=1S/C11H8FNO2S/c12-8-1-3-9(4-2-8)15-10(7-14)11-13-5-6-16-11/h1-7,10H. The van der Waals surface area contributed by atoms with E-state index in [4.69, 9.17) is 4.74 Å². The van der Waals surface area contributed by atoms with Gasteiger partial charge in [-0.25, -0.2) is 9.37 Å². The predicted molar refractivity (Wildman–Crippen MR) is 57.9 cm³/mol. The molecule has 2 rings (SSSR count). The number of nitrogens with zero attached hydrogens (tertiary/aromatic N) is 1. The van der Waals surface area contributed by atoms with Gasteiger partial charge in [-0.1, -0.05) is 0 Å². The van der Waals surface area contributed by atoms with Crippen molar-refractivity contribution >= 4 is 17.6 Å². The van der Waals surface area contributed by atoms with Crippen molar-refractivity contribution in [1.29, 1.82) is 0 Å². The Kier molecular flexibility index (Phi) is 3.26. The van der Waals surface area contributed by atoms with E-state index in [2.05, 4.69) is 4.98 Å². The van der Waals surface area contributed by atoms with Gasteiger partial charge in [0.2, 0.25) is 6.10 Å². The first-order valence-corrected chi connectivity index (χ1v) is 5.44. The van der Waals surface area contributed by atoms with Gasteiger partial charge in [0.25, 0.3) is 0 Å². The molecule has 0 spiro atoms. The second-order valence-electron chi connectivity index (χ2n) is 3.00. The Morgan fingerprint density at radius 1 is 1.38 bits per heavy atom. The van der Waals surface area contributed by atoms with Crippen LogP contribution in [0.4, 0.5) is 4.39 Å². The van der Waals surface area contributed by atoms with Gasteiger partial charge >= 0.3 is 0 Å². The number of carbonyl (C=O) groups excluding carboxylic acids is 1. The molecule has 1 atom stereocenters. The average Bonchev–Trinajstić information content (AvgIpc) is 2.82. The monoisotopic (exact) mass is 237 g/mol. The van der Waals surface area contributed by atoms with E-state index in [0.717, 1.165) is 0 Å². The molecule has 0 radical (unpaired) electrons. The minimum absolute atomic E-state index is 0.343. The third kappa shape index (κ3) is 2.43. The van der Waals surface area contributed by atoms with Crippen molar-refractivity contribution < 1.29 is 13.9 Å². The third-order valence-electron chi connectivity index (χ3n) is 1.90. The van der Waals surface area contributed by atoms with E-state index >= 15 is 0 Å². The molecule has 1 aromatic carbocycles. The summed E-state index contributed by atoms with van der Waals surface area (Å²) in [5.41, 5.74) is 0. The number of ether oxygens (including phenoxy) is 1. The molecule has 5 heteroatoms. The number of benzene rings is 1. The highest BCUT2D eigenvalue weighted by atomic mass is 32.1. The van der Waals surface area contributed by atoms with Crippen LogP contribution < -0.4 is 4.74 Å². The average molecular weight is 237 g/mol. The maximum Gasteiger partial charge on any atom is 0.205 e. The molecule has 3 nitrogen and oxygen atoms in total. The van der Waals surface area contributed by atoms with Crippen LogP contribution in [0.15, 0.2) is 35.8 Å². The van der Waals surface area contributed by atoms with Crippen molar-refractivity contribution in [3.8, 4) is 5.75 Å². The number of hydrogen-bond donors (Lipinski definition) is 0. The van der Waals surface area contributed by atoms with Crippen molar-refractivity contribution in [2.24, 2.45) is 0 Å². The summed E-state index contributed by atoms with van der Waals surface area (Å²) < 4.78 is 18.0. The van der Waals surface area contributed by atoms with Gasteiger partial charge in [0.1, 0.15) is 16.6 Å². The van der Waals surface area contributed by atoms with E-state index in [1.54, 1.807) is 11.6 Å². The molecule has 0 fully saturated rings. The van der Waals surface area contributed by atoms with Crippen molar-refractivity contribution in [3.63, 3.8) is 0 Å². The molecule has 16 heavy (non-hydrogen) atoms. The first-order valence-electron chi connectivity index (χ1n) is 4.56. The number of carbonyl (C=O) groups is 1. The molecule has 0 saturated heterocycles. The zero-order valence-electron chi connectivity index (χ0n) is 8.17. The Morgan fingerprint density at radius 2 is 2.12 bits per heavy atom. The van der Waals surface area contributed by atoms with Crippen LogP contribution in [0.1, 0.15) is 11.1 Å². The fraction of sp³-hybridized carbons (Fsp3) is 0.0909. The van der Waals surface area contributed by atoms with Crippen molar-refractivity contribution in [2.45, 2.75) is 6.10 Å². The first kappa shape index (κ1) is 10.8. The van der Waals surface area contributed by atoms with E-state index in [1.807, 2.05) is 0 Å². The number of aldehydes is 1. The third-order valence-corrected chi connectivity index (χ3v) is 2.73. The van der Waals surface area contributed by atoms with Crippen LogP contribution in [0.5, 0.6) is 5.75 Å². The smallest absolute Gasteiger partial charge is 0.205 e. The summed E-state index contributed by atoms with van der Waals surface area (Å²) in [6.45, 7) is 0. The molecule has 1 aromatic heterocycles. The normalized spacial score (nSPS) is 12.1. The topological polar surface area (TPSA) is 39.2 Å². The Labute approximate surface area is 95.5 Å². The molecule has 2 aromatic rings.